The van der Waals surface area contributed by atoms with Crippen LogP contribution in [-0.4, -0.2) is 22.2 Å². The molecule has 1 radical (unpaired) electrons. The first kappa shape index (κ1) is 36.3. The SMILES string of the molecule is CC(C)C1=CC2=CC[C@@H]3[C@](C)(CCC[C@@]3(C)C(=O)O)[C@@H]2CC1.CC(C)C1=CC2=CC[C@@H]3[C@](C)(CCC[C@@]3(C)C(=O)O)[C@@H]2CC1.[Mn]. The molecule has 0 aromatic carbocycles. The zero-order valence-electron chi connectivity index (χ0n) is 29.3. The molecule has 251 valence electrons. The van der Waals surface area contributed by atoms with E-state index in [-0.39, 0.29) is 39.7 Å². The smallest absolute Gasteiger partial charge is 0.309 e. The standard InChI is InChI=1S/2C20H30O2.Mn/c2*1-13(2)14-6-8-16-15(12-14)7-9-17-19(16,3)10-5-11-20(17,4)18(21)22;/h2*7,12-13,16-17H,5-6,8-11H2,1-4H3,(H,21,22);/t2*16-,17-,19-,20-;/m11./s1. The molecule has 8 atom stereocenters. The third kappa shape index (κ3) is 6.12. The van der Waals surface area contributed by atoms with Crippen molar-refractivity contribution < 1.29 is 36.9 Å². The summed E-state index contributed by atoms with van der Waals surface area (Å²) in [6.45, 7) is 17.9. The maximum atomic E-state index is 11.9. The Morgan fingerprint density at radius 2 is 1.02 bits per heavy atom. The summed E-state index contributed by atoms with van der Waals surface area (Å²) < 4.78 is 0. The van der Waals surface area contributed by atoms with E-state index >= 15 is 0 Å². The number of fused-ring (bicyclic) bond motifs is 6. The van der Waals surface area contributed by atoms with E-state index in [4.69, 9.17) is 0 Å². The molecule has 2 N–H and O–H groups in total. The summed E-state index contributed by atoms with van der Waals surface area (Å²) in [6, 6.07) is 0. The normalized spacial score (nSPS) is 40.4. The molecule has 45 heavy (non-hydrogen) atoms. The molecular weight excluding hydrogens is 599 g/mol. The Balaban J connectivity index is 0.000000200. The minimum Gasteiger partial charge on any atom is -0.481 e. The van der Waals surface area contributed by atoms with Crippen LogP contribution in [0.2, 0.25) is 0 Å². The molecule has 0 aliphatic heterocycles. The van der Waals surface area contributed by atoms with Crippen LogP contribution in [0.3, 0.4) is 0 Å². The fourth-order valence-electron chi connectivity index (χ4n) is 11.2. The second-order valence-corrected chi connectivity index (χ2v) is 17.1. The summed E-state index contributed by atoms with van der Waals surface area (Å²) in [5, 5.41) is 19.7. The van der Waals surface area contributed by atoms with Crippen LogP contribution >= 0.6 is 0 Å². The second kappa shape index (κ2) is 13.1. The van der Waals surface area contributed by atoms with Crippen molar-refractivity contribution in [2.24, 2.45) is 57.2 Å². The maximum absolute atomic E-state index is 11.9. The monoisotopic (exact) mass is 659 g/mol. The number of hydrogen-bond donors (Lipinski definition) is 2. The third-order valence-electron chi connectivity index (χ3n) is 14.1. The fourth-order valence-corrected chi connectivity index (χ4v) is 11.2. The van der Waals surface area contributed by atoms with E-state index in [1.54, 1.807) is 11.1 Å². The second-order valence-electron chi connectivity index (χ2n) is 17.1. The van der Waals surface area contributed by atoms with Gasteiger partial charge in [-0.2, -0.15) is 0 Å². The number of hydrogen-bond acceptors (Lipinski definition) is 2. The van der Waals surface area contributed by atoms with Gasteiger partial charge in [-0.25, -0.2) is 0 Å². The molecule has 6 aliphatic carbocycles. The van der Waals surface area contributed by atoms with Crippen molar-refractivity contribution in [1.29, 1.82) is 0 Å². The van der Waals surface area contributed by atoms with Crippen molar-refractivity contribution in [3.63, 3.8) is 0 Å². The van der Waals surface area contributed by atoms with Crippen LogP contribution < -0.4 is 0 Å². The van der Waals surface area contributed by atoms with E-state index in [1.807, 2.05) is 13.8 Å². The van der Waals surface area contributed by atoms with Crippen molar-refractivity contribution in [2.75, 3.05) is 0 Å². The minimum atomic E-state index is -0.588. The molecule has 5 heteroatoms. The predicted molar refractivity (Wildman–Crippen MR) is 179 cm³/mol. The average Bonchev–Trinajstić information content (AvgIpc) is 2.96. The number of rotatable bonds is 4. The molecule has 0 aromatic rings. The Bertz CT molecular complexity index is 1190. The molecule has 0 bridgehead atoms. The van der Waals surface area contributed by atoms with E-state index in [0.29, 0.717) is 23.7 Å². The number of carboxylic acid groups (broad SMARTS) is 2. The van der Waals surface area contributed by atoms with Crippen molar-refractivity contribution in [2.45, 2.75) is 132 Å². The first-order chi connectivity index (χ1) is 20.6. The van der Waals surface area contributed by atoms with Gasteiger partial charge < -0.3 is 10.2 Å². The Hall–Kier alpha value is -1.58. The number of allylic oxidation sites excluding steroid dienone is 8. The van der Waals surface area contributed by atoms with Crippen LogP contribution in [0.25, 0.3) is 0 Å². The number of carbonyl (C=O) groups is 2. The topological polar surface area (TPSA) is 74.6 Å². The molecule has 2 saturated carbocycles. The predicted octanol–water partition coefficient (Wildman–Crippen LogP) is 10.4. The summed E-state index contributed by atoms with van der Waals surface area (Å²) in [5.41, 5.74) is 5.38. The Morgan fingerprint density at radius 1 is 0.667 bits per heavy atom. The van der Waals surface area contributed by atoms with Gasteiger partial charge in [0, 0.05) is 17.1 Å². The van der Waals surface area contributed by atoms with Crippen LogP contribution in [0, 0.1) is 57.2 Å². The van der Waals surface area contributed by atoms with Crippen LogP contribution in [0.5, 0.6) is 0 Å². The van der Waals surface area contributed by atoms with E-state index in [2.05, 4.69) is 65.8 Å². The van der Waals surface area contributed by atoms with E-state index in [1.165, 1.54) is 49.7 Å². The van der Waals surface area contributed by atoms with E-state index in [9.17, 15) is 19.8 Å². The number of aliphatic carboxylic acids is 2. The molecule has 6 rings (SSSR count). The summed E-state index contributed by atoms with van der Waals surface area (Å²) in [5.74, 6) is 1.78. The van der Waals surface area contributed by atoms with Crippen molar-refractivity contribution >= 4 is 11.9 Å². The van der Waals surface area contributed by atoms with Gasteiger partial charge in [0.05, 0.1) is 10.8 Å². The van der Waals surface area contributed by atoms with E-state index in [0.717, 1.165) is 38.5 Å². The molecule has 0 amide bonds. The van der Waals surface area contributed by atoms with Crippen LogP contribution in [0.4, 0.5) is 0 Å². The Labute approximate surface area is 284 Å². The van der Waals surface area contributed by atoms with Crippen molar-refractivity contribution in [3.8, 4) is 0 Å². The van der Waals surface area contributed by atoms with Gasteiger partial charge in [0.1, 0.15) is 0 Å². The van der Waals surface area contributed by atoms with Crippen LogP contribution in [-0.2, 0) is 26.7 Å². The molecule has 0 unspecified atom stereocenters. The van der Waals surface area contributed by atoms with Gasteiger partial charge in [-0.05, 0) is 136 Å². The molecule has 0 aromatic heterocycles. The summed E-state index contributed by atoms with van der Waals surface area (Å²) in [7, 11) is 0. The minimum absolute atomic E-state index is 0. The Morgan fingerprint density at radius 3 is 1.33 bits per heavy atom. The van der Waals surface area contributed by atoms with Gasteiger partial charge in [-0.15, -0.1) is 0 Å². The number of carboxylic acids is 2. The Kier molecular flexibility index (Phi) is 10.6. The molecule has 0 heterocycles. The van der Waals surface area contributed by atoms with Gasteiger partial charge >= 0.3 is 11.9 Å². The van der Waals surface area contributed by atoms with Gasteiger partial charge in [0.2, 0.25) is 0 Å². The van der Waals surface area contributed by atoms with Gasteiger partial charge in [0.25, 0.3) is 0 Å². The molecule has 4 nitrogen and oxygen atoms in total. The zero-order chi connectivity index (χ0) is 32.2. The first-order valence-electron chi connectivity index (χ1n) is 17.9. The quantitative estimate of drug-likeness (QED) is 0.295. The fraction of sp³-hybridized carbons (Fsp3) is 0.750. The largest absolute Gasteiger partial charge is 0.481 e. The van der Waals surface area contributed by atoms with Gasteiger partial charge in [0.15, 0.2) is 0 Å². The summed E-state index contributed by atoms with van der Waals surface area (Å²) in [4.78, 5) is 23.9. The third-order valence-corrected chi connectivity index (χ3v) is 14.1. The van der Waals surface area contributed by atoms with Crippen molar-refractivity contribution in [3.05, 3.63) is 46.6 Å². The molecular formula is C40H60MnO4. The molecule has 0 spiro atoms. The maximum Gasteiger partial charge on any atom is 0.309 e. The van der Waals surface area contributed by atoms with Gasteiger partial charge in [-0.3, -0.25) is 9.59 Å². The summed E-state index contributed by atoms with van der Waals surface area (Å²) >= 11 is 0. The summed E-state index contributed by atoms with van der Waals surface area (Å²) in [6.07, 6.45) is 22.4. The first-order valence-corrected chi connectivity index (χ1v) is 17.9. The van der Waals surface area contributed by atoms with Crippen LogP contribution in [0.1, 0.15) is 132 Å². The van der Waals surface area contributed by atoms with Crippen LogP contribution in [0.15, 0.2) is 46.6 Å². The molecule has 0 saturated heterocycles. The zero-order valence-corrected chi connectivity index (χ0v) is 30.5. The van der Waals surface area contributed by atoms with Gasteiger partial charge in [-0.1, -0.05) is 89.8 Å². The average molecular weight is 660 g/mol. The molecule has 2 fully saturated rings. The van der Waals surface area contributed by atoms with E-state index < -0.39 is 22.8 Å². The van der Waals surface area contributed by atoms with Crippen molar-refractivity contribution in [1.82, 2.24) is 0 Å². The molecule has 6 aliphatic rings.